The lowest BCUT2D eigenvalue weighted by Gasteiger charge is -2.47. The lowest BCUT2D eigenvalue weighted by molar-refractivity contribution is 0.519. The third kappa shape index (κ3) is 6.08. The molecule has 0 saturated heterocycles. The second-order valence-corrected chi connectivity index (χ2v) is 21.8. The number of nitrogens with zero attached hydrogens (tertiary/aromatic N) is 1. The van der Waals surface area contributed by atoms with Crippen LogP contribution in [0.15, 0.2) is 162 Å². The Hall–Kier alpha value is -6.58. The first-order valence-corrected chi connectivity index (χ1v) is 24.1. The summed E-state index contributed by atoms with van der Waals surface area (Å²) in [5.41, 5.74) is 26.2. The van der Waals surface area contributed by atoms with E-state index < -0.39 is 0 Å². The number of furan rings is 1. The van der Waals surface area contributed by atoms with Gasteiger partial charge in [0, 0.05) is 50.6 Å². The van der Waals surface area contributed by atoms with Crippen LogP contribution in [0.3, 0.4) is 0 Å². The van der Waals surface area contributed by atoms with E-state index in [0.29, 0.717) is 0 Å². The molecule has 0 N–H and O–H groups in total. The van der Waals surface area contributed by atoms with Crippen molar-refractivity contribution in [3.05, 3.63) is 213 Å². The van der Waals surface area contributed by atoms with Gasteiger partial charge in [0.2, 0.25) is 6.71 Å². The summed E-state index contributed by atoms with van der Waals surface area (Å²) in [6, 6.07) is 60.4. The van der Waals surface area contributed by atoms with Crippen molar-refractivity contribution in [2.24, 2.45) is 0 Å². The van der Waals surface area contributed by atoms with E-state index in [4.69, 9.17) is 4.42 Å². The van der Waals surface area contributed by atoms with Crippen LogP contribution in [0.5, 0.6) is 0 Å². The van der Waals surface area contributed by atoms with Crippen LogP contribution in [-0.2, 0) is 22.7 Å². The lowest BCUT2D eigenvalue weighted by Crippen LogP contribution is -2.62. The van der Waals surface area contributed by atoms with Crippen LogP contribution in [0.1, 0.15) is 116 Å². The molecule has 1 atom stereocenters. The highest BCUT2D eigenvalue weighted by atomic mass is 16.3. The van der Waals surface area contributed by atoms with Gasteiger partial charge in [-0.2, -0.15) is 0 Å². The van der Waals surface area contributed by atoms with Gasteiger partial charge in [-0.3, -0.25) is 0 Å². The molecule has 324 valence electrons. The van der Waals surface area contributed by atoms with Crippen LogP contribution in [0.25, 0.3) is 33.1 Å². The number of anilines is 3. The number of fused-ring (bicyclic) bond motifs is 9. The zero-order chi connectivity index (χ0) is 45.4. The summed E-state index contributed by atoms with van der Waals surface area (Å²) >= 11 is 0. The van der Waals surface area contributed by atoms with Gasteiger partial charge < -0.3 is 9.32 Å². The lowest BCUT2D eigenvalue weighted by atomic mass is 9.30. The van der Waals surface area contributed by atoms with Crippen molar-refractivity contribution in [3.63, 3.8) is 0 Å². The normalized spacial score (nSPS) is 16.4. The third-order valence-corrected chi connectivity index (χ3v) is 15.9. The molecule has 3 heteroatoms. The van der Waals surface area contributed by atoms with Crippen LogP contribution in [0, 0.1) is 13.8 Å². The third-order valence-electron chi connectivity index (χ3n) is 15.9. The molecule has 66 heavy (non-hydrogen) atoms. The smallest absolute Gasteiger partial charge is 0.247 e. The maximum absolute atomic E-state index is 6.58. The van der Waals surface area contributed by atoms with Crippen molar-refractivity contribution < 1.29 is 4.42 Å². The Morgan fingerprint density at radius 3 is 2.00 bits per heavy atom. The van der Waals surface area contributed by atoms with Gasteiger partial charge in [0.15, 0.2) is 0 Å². The number of hydrogen-bond donors (Lipinski definition) is 0. The Labute approximate surface area is 391 Å². The predicted octanol–water partition coefficient (Wildman–Crippen LogP) is 14.5. The van der Waals surface area contributed by atoms with Crippen LogP contribution in [0.4, 0.5) is 17.1 Å². The average Bonchev–Trinajstić information content (AvgIpc) is 3.68. The average molecular weight is 856 g/mol. The van der Waals surface area contributed by atoms with Crippen molar-refractivity contribution >= 4 is 62.1 Å². The van der Waals surface area contributed by atoms with Crippen LogP contribution >= 0.6 is 0 Å². The van der Waals surface area contributed by atoms with E-state index in [1.807, 2.05) is 0 Å². The first kappa shape index (κ1) is 40.9. The molecule has 0 fully saturated rings. The Morgan fingerprint density at radius 1 is 0.561 bits per heavy atom. The van der Waals surface area contributed by atoms with Crippen molar-refractivity contribution in [2.45, 2.75) is 97.3 Å². The molecule has 2 aliphatic heterocycles. The molecule has 3 heterocycles. The highest BCUT2D eigenvalue weighted by Gasteiger charge is 2.47. The van der Waals surface area contributed by atoms with E-state index in [2.05, 4.69) is 225 Å². The summed E-state index contributed by atoms with van der Waals surface area (Å²) in [4.78, 5) is 2.56. The number of para-hydroxylation sites is 1. The van der Waals surface area contributed by atoms with E-state index in [9.17, 15) is 0 Å². The predicted molar refractivity (Wildman–Crippen MR) is 280 cm³/mol. The summed E-state index contributed by atoms with van der Waals surface area (Å²) in [5.74, 6) is 0.184. The van der Waals surface area contributed by atoms with E-state index in [0.717, 1.165) is 40.5 Å². The Kier molecular flexibility index (Phi) is 8.96. The fourth-order valence-electron chi connectivity index (χ4n) is 12.4. The highest BCUT2D eigenvalue weighted by Crippen LogP contribution is 2.52. The van der Waals surface area contributed by atoms with Gasteiger partial charge in [-0.15, -0.1) is 0 Å². The van der Waals surface area contributed by atoms with Crippen molar-refractivity contribution in [2.75, 3.05) is 4.90 Å². The van der Waals surface area contributed by atoms with Crippen LogP contribution in [-0.4, -0.2) is 6.71 Å². The maximum atomic E-state index is 6.58. The summed E-state index contributed by atoms with van der Waals surface area (Å²) in [7, 11) is 0. The van der Waals surface area contributed by atoms with Crippen molar-refractivity contribution in [3.8, 4) is 11.1 Å². The molecule has 1 unspecified atom stereocenters. The minimum atomic E-state index is -0.166. The molecule has 0 amide bonds. The minimum Gasteiger partial charge on any atom is -0.456 e. The molecule has 12 rings (SSSR count). The van der Waals surface area contributed by atoms with Gasteiger partial charge in [0.05, 0.1) is 0 Å². The second-order valence-electron chi connectivity index (χ2n) is 21.8. The number of benzene rings is 8. The molecular formula is C63H58BNO. The molecule has 0 bridgehead atoms. The molecule has 0 radical (unpaired) electrons. The van der Waals surface area contributed by atoms with Crippen LogP contribution < -0.4 is 21.3 Å². The number of rotatable bonds is 5. The maximum Gasteiger partial charge on any atom is 0.247 e. The summed E-state index contributed by atoms with van der Waals surface area (Å²) in [6.45, 7) is 21.4. The quantitative estimate of drug-likeness (QED) is 0.160. The highest BCUT2D eigenvalue weighted by molar-refractivity contribution is 6.99. The Bertz CT molecular complexity index is 3450. The monoisotopic (exact) mass is 855 g/mol. The van der Waals surface area contributed by atoms with Gasteiger partial charge >= 0.3 is 0 Å². The zero-order valence-electron chi connectivity index (χ0n) is 39.9. The Morgan fingerprint density at radius 2 is 1.24 bits per heavy atom. The molecular weight excluding hydrogens is 798 g/mol. The van der Waals surface area contributed by atoms with Gasteiger partial charge in [0.25, 0.3) is 0 Å². The van der Waals surface area contributed by atoms with Crippen molar-refractivity contribution in [1.82, 2.24) is 0 Å². The molecule has 1 aromatic heterocycles. The molecule has 0 saturated carbocycles. The van der Waals surface area contributed by atoms with Gasteiger partial charge in [-0.05, 0) is 140 Å². The largest absolute Gasteiger partial charge is 0.456 e. The van der Waals surface area contributed by atoms with Crippen molar-refractivity contribution in [1.29, 1.82) is 0 Å². The van der Waals surface area contributed by atoms with E-state index in [-0.39, 0.29) is 28.9 Å². The molecule has 2 nitrogen and oxygen atoms in total. The van der Waals surface area contributed by atoms with Gasteiger partial charge in [-0.25, -0.2) is 0 Å². The number of aryl methyl sites for hydroxylation is 3. The van der Waals surface area contributed by atoms with E-state index in [1.165, 1.54) is 94.5 Å². The first-order chi connectivity index (χ1) is 31.7. The fraction of sp³-hybridized carbons (Fsp3) is 0.238. The summed E-state index contributed by atoms with van der Waals surface area (Å²) in [5, 5.41) is 2.30. The van der Waals surface area contributed by atoms with E-state index >= 15 is 0 Å². The number of hydrogen-bond acceptors (Lipinski definition) is 2. The standard InChI is InChI=1S/C63H58BNO/c1-38-23-30-54-56(32-38)65(43-27-29-46-45-19-13-16-22-58(45)66-59(46)35-43)57-33-39(2)31-49-44(28-25-41-24-26-42(61(3,4)5)34-47(41)40-17-11-10-12-18-40)48-36-52-53(37-55(48)64(54)60(49)57)63(8,9)51-21-15-14-20-50(51)62(52,6)7/h10-24,26-27,29-37,44H,25,28H2,1-9H3. The fourth-order valence-corrected chi connectivity index (χ4v) is 12.4. The van der Waals surface area contributed by atoms with Gasteiger partial charge in [-0.1, -0.05) is 175 Å². The summed E-state index contributed by atoms with van der Waals surface area (Å²) < 4.78 is 6.58. The van der Waals surface area contributed by atoms with Gasteiger partial charge in [0.1, 0.15) is 11.2 Å². The zero-order valence-corrected chi connectivity index (χ0v) is 39.9. The molecule has 8 aromatic carbocycles. The molecule has 9 aromatic rings. The van der Waals surface area contributed by atoms with Crippen LogP contribution in [0.2, 0.25) is 0 Å². The topological polar surface area (TPSA) is 16.4 Å². The minimum absolute atomic E-state index is 0.0495. The molecule has 1 aliphatic carbocycles. The Balaban J connectivity index is 1.10. The second kappa shape index (κ2) is 14.5. The molecule has 3 aliphatic rings. The molecule has 0 spiro atoms. The first-order valence-electron chi connectivity index (χ1n) is 24.1. The summed E-state index contributed by atoms with van der Waals surface area (Å²) in [6.07, 6.45) is 1.96. The SMILES string of the molecule is Cc1ccc2c(c1)N(c1ccc3c(c1)oc1ccccc13)c1cc(C)cc3c1B2c1cc2c(cc1C3CCc1ccc(C(C)(C)C)cc1-c1ccccc1)C(C)(C)c1ccccc1C2(C)C. The van der Waals surface area contributed by atoms with E-state index in [1.54, 1.807) is 0 Å².